The second kappa shape index (κ2) is 5.86. The van der Waals surface area contributed by atoms with Crippen LogP contribution in [0, 0.1) is 5.92 Å². The van der Waals surface area contributed by atoms with Gasteiger partial charge in [0.1, 0.15) is 0 Å². The molecule has 15 heavy (non-hydrogen) atoms. The minimum absolute atomic E-state index is 0.496. The molecule has 0 spiro atoms. The molecule has 2 aliphatic rings. The Morgan fingerprint density at radius 1 is 0.867 bits per heavy atom. The summed E-state index contributed by atoms with van der Waals surface area (Å²) in [6, 6.07) is 1.32. The van der Waals surface area contributed by atoms with Crippen molar-refractivity contribution in [1.29, 1.82) is 0 Å². The third-order valence-corrected chi connectivity index (χ3v) is 4.19. The van der Waals surface area contributed by atoms with Gasteiger partial charge < -0.3 is 11.1 Å². The summed E-state index contributed by atoms with van der Waals surface area (Å²) in [5.41, 5.74) is 5.92. The number of nitrogens with two attached hydrogens (primary N) is 1. The smallest absolute Gasteiger partial charge is 0.00671 e. The van der Waals surface area contributed by atoms with Gasteiger partial charge in [-0.2, -0.15) is 0 Å². The molecule has 88 valence electrons. The molecule has 0 radical (unpaired) electrons. The molecule has 0 aromatic carbocycles. The summed E-state index contributed by atoms with van der Waals surface area (Å²) in [5, 5.41) is 3.77. The van der Waals surface area contributed by atoms with E-state index in [-0.39, 0.29) is 0 Å². The van der Waals surface area contributed by atoms with E-state index in [9.17, 15) is 0 Å². The fourth-order valence-corrected chi connectivity index (χ4v) is 3.03. The van der Waals surface area contributed by atoms with Crippen LogP contribution in [0.2, 0.25) is 0 Å². The van der Waals surface area contributed by atoms with Crippen LogP contribution in [-0.4, -0.2) is 18.6 Å². The minimum Gasteiger partial charge on any atom is -0.328 e. The second-order valence-corrected chi connectivity index (χ2v) is 5.52. The highest BCUT2D eigenvalue weighted by atomic mass is 14.9. The Morgan fingerprint density at radius 2 is 1.53 bits per heavy atom. The highest BCUT2D eigenvalue weighted by Gasteiger charge is 2.20. The van der Waals surface area contributed by atoms with Crippen molar-refractivity contribution < 1.29 is 0 Å². The SMILES string of the molecule is NC1CCC(CNC2CCCCC2)CC1. The van der Waals surface area contributed by atoms with Crippen LogP contribution in [0.25, 0.3) is 0 Å². The van der Waals surface area contributed by atoms with Crippen LogP contribution in [0.1, 0.15) is 57.8 Å². The number of nitrogens with one attached hydrogen (secondary N) is 1. The van der Waals surface area contributed by atoms with Gasteiger partial charge in [0, 0.05) is 12.1 Å². The highest BCUT2D eigenvalue weighted by molar-refractivity contribution is 4.78. The van der Waals surface area contributed by atoms with Crippen molar-refractivity contribution >= 4 is 0 Å². The lowest BCUT2D eigenvalue weighted by molar-refractivity contribution is 0.285. The van der Waals surface area contributed by atoms with Crippen LogP contribution in [0.5, 0.6) is 0 Å². The largest absolute Gasteiger partial charge is 0.328 e. The van der Waals surface area contributed by atoms with E-state index in [1.165, 1.54) is 64.3 Å². The van der Waals surface area contributed by atoms with E-state index in [2.05, 4.69) is 5.32 Å². The molecule has 0 unspecified atom stereocenters. The lowest BCUT2D eigenvalue weighted by atomic mass is 9.86. The first-order valence-electron chi connectivity index (χ1n) is 6.83. The molecule has 0 heterocycles. The van der Waals surface area contributed by atoms with E-state index in [1.807, 2.05) is 0 Å². The first kappa shape index (κ1) is 11.4. The van der Waals surface area contributed by atoms with Crippen LogP contribution in [0.3, 0.4) is 0 Å². The van der Waals surface area contributed by atoms with E-state index >= 15 is 0 Å². The van der Waals surface area contributed by atoms with E-state index in [0.29, 0.717) is 6.04 Å². The summed E-state index contributed by atoms with van der Waals surface area (Å²) in [7, 11) is 0. The van der Waals surface area contributed by atoms with Crippen LogP contribution in [-0.2, 0) is 0 Å². The standard InChI is InChI=1S/C13H26N2/c14-12-8-6-11(7-9-12)10-15-13-4-2-1-3-5-13/h11-13,15H,1-10,14H2. The first-order valence-corrected chi connectivity index (χ1v) is 6.83. The maximum Gasteiger partial charge on any atom is 0.00671 e. The van der Waals surface area contributed by atoms with Crippen LogP contribution in [0.4, 0.5) is 0 Å². The topological polar surface area (TPSA) is 38.0 Å². The molecule has 0 saturated heterocycles. The normalized spacial score (nSPS) is 34.2. The molecule has 2 rings (SSSR count). The molecular formula is C13H26N2. The molecule has 0 atom stereocenters. The van der Waals surface area contributed by atoms with Gasteiger partial charge in [-0.1, -0.05) is 19.3 Å². The summed E-state index contributed by atoms with van der Waals surface area (Å²) in [5.74, 6) is 0.909. The van der Waals surface area contributed by atoms with E-state index < -0.39 is 0 Å². The highest BCUT2D eigenvalue weighted by Crippen LogP contribution is 2.23. The van der Waals surface area contributed by atoms with Crippen molar-refractivity contribution in [3.05, 3.63) is 0 Å². The zero-order valence-electron chi connectivity index (χ0n) is 9.88. The van der Waals surface area contributed by atoms with Gasteiger partial charge in [-0.15, -0.1) is 0 Å². The Kier molecular flexibility index (Phi) is 4.45. The summed E-state index contributed by atoms with van der Waals surface area (Å²) < 4.78 is 0. The lowest BCUT2D eigenvalue weighted by Crippen LogP contribution is -2.37. The van der Waals surface area contributed by atoms with Gasteiger partial charge in [-0.05, 0) is 51.0 Å². The molecule has 0 aliphatic heterocycles. The average Bonchev–Trinajstić information content (AvgIpc) is 2.30. The predicted octanol–water partition coefficient (Wildman–Crippen LogP) is 2.43. The van der Waals surface area contributed by atoms with Crippen molar-refractivity contribution in [2.24, 2.45) is 11.7 Å². The Balaban J connectivity index is 1.60. The van der Waals surface area contributed by atoms with Crippen LogP contribution >= 0.6 is 0 Å². The third kappa shape index (κ3) is 3.76. The monoisotopic (exact) mass is 210 g/mol. The summed E-state index contributed by atoms with van der Waals surface area (Å²) in [6.07, 6.45) is 12.3. The first-order chi connectivity index (χ1) is 7.34. The predicted molar refractivity (Wildman–Crippen MR) is 64.8 cm³/mol. The summed E-state index contributed by atoms with van der Waals surface area (Å²) in [6.45, 7) is 1.25. The van der Waals surface area contributed by atoms with Gasteiger partial charge in [-0.3, -0.25) is 0 Å². The number of hydrogen-bond acceptors (Lipinski definition) is 2. The molecule has 0 amide bonds. The molecule has 0 aromatic heterocycles. The van der Waals surface area contributed by atoms with Gasteiger partial charge in [0.05, 0.1) is 0 Å². The molecule has 2 fully saturated rings. The molecule has 2 nitrogen and oxygen atoms in total. The zero-order chi connectivity index (χ0) is 10.5. The lowest BCUT2D eigenvalue weighted by Gasteiger charge is -2.29. The Labute approximate surface area is 94.0 Å². The van der Waals surface area contributed by atoms with E-state index in [0.717, 1.165) is 12.0 Å². The summed E-state index contributed by atoms with van der Waals surface area (Å²) >= 11 is 0. The molecule has 0 bridgehead atoms. The third-order valence-electron chi connectivity index (χ3n) is 4.19. The molecule has 2 heteroatoms. The van der Waals surface area contributed by atoms with Gasteiger partial charge in [0.15, 0.2) is 0 Å². The van der Waals surface area contributed by atoms with Crippen molar-refractivity contribution in [2.75, 3.05) is 6.54 Å². The summed E-state index contributed by atoms with van der Waals surface area (Å²) in [4.78, 5) is 0. The van der Waals surface area contributed by atoms with Crippen molar-refractivity contribution in [3.63, 3.8) is 0 Å². The van der Waals surface area contributed by atoms with Gasteiger partial charge in [0.25, 0.3) is 0 Å². The van der Waals surface area contributed by atoms with Crippen molar-refractivity contribution in [1.82, 2.24) is 5.32 Å². The Morgan fingerprint density at radius 3 is 2.20 bits per heavy atom. The van der Waals surface area contributed by atoms with E-state index in [4.69, 9.17) is 5.73 Å². The number of rotatable bonds is 3. The van der Waals surface area contributed by atoms with E-state index in [1.54, 1.807) is 0 Å². The average molecular weight is 210 g/mol. The van der Waals surface area contributed by atoms with Gasteiger partial charge in [-0.25, -0.2) is 0 Å². The van der Waals surface area contributed by atoms with Gasteiger partial charge >= 0.3 is 0 Å². The Bertz CT molecular complexity index is 167. The Hall–Kier alpha value is -0.0800. The zero-order valence-corrected chi connectivity index (χ0v) is 9.88. The quantitative estimate of drug-likeness (QED) is 0.751. The second-order valence-electron chi connectivity index (χ2n) is 5.52. The van der Waals surface area contributed by atoms with Crippen molar-refractivity contribution in [3.8, 4) is 0 Å². The molecule has 2 aliphatic carbocycles. The molecule has 3 N–H and O–H groups in total. The molecular weight excluding hydrogens is 184 g/mol. The fourth-order valence-electron chi connectivity index (χ4n) is 3.03. The molecule has 2 saturated carbocycles. The van der Waals surface area contributed by atoms with Crippen LogP contribution < -0.4 is 11.1 Å². The fraction of sp³-hybridized carbons (Fsp3) is 1.00. The molecule has 0 aromatic rings. The maximum absolute atomic E-state index is 5.92. The maximum atomic E-state index is 5.92. The van der Waals surface area contributed by atoms with Gasteiger partial charge in [0.2, 0.25) is 0 Å². The number of hydrogen-bond donors (Lipinski definition) is 2. The van der Waals surface area contributed by atoms with Crippen LogP contribution in [0.15, 0.2) is 0 Å². The minimum atomic E-state index is 0.496. The van der Waals surface area contributed by atoms with Crippen molar-refractivity contribution in [2.45, 2.75) is 69.9 Å².